The van der Waals surface area contributed by atoms with Crippen LogP contribution in [0.1, 0.15) is 19.9 Å². The SMILES string of the molecule is CC(C)n1c(N)nnc1SCCOc1ccccc1Cl. The molecule has 2 rings (SSSR count). The first kappa shape index (κ1) is 15.0. The number of halogens is 1. The van der Waals surface area contributed by atoms with Crippen LogP contribution in [0.3, 0.4) is 0 Å². The fraction of sp³-hybridized carbons (Fsp3) is 0.385. The maximum absolute atomic E-state index is 6.02. The highest BCUT2D eigenvalue weighted by molar-refractivity contribution is 7.99. The monoisotopic (exact) mass is 312 g/mol. The van der Waals surface area contributed by atoms with Gasteiger partial charge in [0.25, 0.3) is 0 Å². The van der Waals surface area contributed by atoms with Crippen LogP contribution in [0.15, 0.2) is 29.4 Å². The minimum Gasteiger partial charge on any atom is -0.491 e. The number of hydrogen-bond donors (Lipinski definition) is 1. The van der Waals surface area contributed by atoms with Crippen molar-refractivity contribution in [2.24, 2.45) is 0 Å². The lowest BCUT2D eigenvalue weighted by atomic mass is 10.3. The van der Waals surface area contributed by atoms with Gasteiger partial charge in [-0.3, -0.25) is 4.57 Å². The molecule has 0 aliphatic carbocycles. The first-order valence-electron chi connectivity index (χ1n) is 6.30. The summed E-state index contributed by atoms with van der Waals surface area (Å²) in [5.41, 5.74) is 5.78. The van der Waals surface area contributed by atoms with E-state index in [1.54, 1.807) is 17.8 Å². The summed E-state index contributed by atoms with van der Waals surface area (Å²) in [6.45, 7) is 4.63. The molecule has 0 unspecified atom stereocenters. The van der Waals surface area contributed by atoms with E-state index in [4.69, 9.17) is 22.1 Å². The largest absolute Gasteiger partial charge is 0.491 e. The van der Waals surface area contributed by atoms with E-state index in [1.807, 2.05) is 36.6 Å². The highest BCUT2D eigenvalue weighted by Crippen LogP contribution is 2.25. The summed E-state index contributed by atoms with van der Waals surface area (Å²) in [6, 6.07) is 7.65. The second kappa shape index (κ2) is 6.85. The van der Waals surface area contributed by atoms with E-state index in [0.29, 0.717) is 23.3 Å². The molecule has 1 aromatic carbocycles. The summed E-state index contributed by atoms with van der Waals surface area (Å²) in [5, 5.41) is 9.39. The van der Waals surface area contributed by atoms with Gasteiger partial charge in [-0.1, -0.05) is 35.5 Å². The Bertz CT molecular complexity index is 573. The molecule has 1 heterocycles. The number of anilines is 1. The van der Waals surface area contributed by atoms with Gasteiger partial charge in [0.15, 0.2) is 5.16 Å². The normalized spacial score (nSPS) is 11.0. The van der Waals surface area contributed by atoms with Gasteiger partial charge in [-0.15, -0.1) is 10.2 Å². The lowest BCUT2D eigenvalue weighted by molar-refractivity contribution is 0.344. The minimum atomic E-state index is 0.233. The number of hydrogen-bond acceptors (Lipinski definition) is 5. The Kier molecular flexibility index (Phi) is 5.14. The van der Waals surface area contributed by atoms with Gasteiger partial charge >= 0.3 is 0 Å². The van der Waals surface area contributed by atoms with Gasteiger partial charge in [-0.2, -0.15) is 0 Å². The summed E-state index contributed by atoms with van der Waals surface area (Å²) < 4.78 is 7.53. The van der Waals surface area contributed by atoms with Crippen molar-refractivity contribution in [1.82, 2.24) is 14.8 Å². The maximum Gasteiger partial charge on any atom is 0.222 e. The molecule has 0 saturated heterocycles. The van der Waals surface area contributed by atoms with Gasteiger partial charge in [0.05, 0.1) is 11.6 Å². The highest BCUT2D eigenvalue weighted by Gasteiger charge is 2.12. The van der Waals surface area contributed by atoms with E-state index >= 15 is 0 Å². The van der Waals surface area contributed by atoms with Gasteiger partial charge in [0, 0.05) is 11.8 Å². The number of ether oxygens (including phenoxy) is 1. The van der Waals surface area contributed by atoms with Crippen LogP contribution in [0.5, 0.6) is 5.75 Å². The zero-order chi connectivity index (χ0) is 14.5. The van der Waals surface area contributed by atoms with Crippen molar-refractivity contribution in [1.29, 1.82) is 0 Å². The number of benzene rings is 1. The zero-order valence-corrected chi connectivity index (χ0v) is 13.0. The third-order valence-corrected chi connectivity index (χ3v) is 3.84. The van der Waals surface area contributed by atoms with Gasteiger partial charge in [0.1, 0.15) is 5.75 Å². The van der Waals surface area contributed by atoms with Crippen LogP contribution in [-0.2, 0) is 0 Å². The molecular weight excluding hydrogens is 296 g/mol. The molecule has 20 heavy (non-hydrogen) atoms. The topological polar surface area (TPSA) is 66.0 Å². The quantitative estimate of drug-likeness (QED) is 0.655. The standard InChI is InChI=1S/C13H17ClN4OS/c1-9(2)18-12(15)16-17-13(18)20-8-7-19-11-6-4-3-5-10(11)14/h3-6,9H,7-8H2,1-2H3,(H2,15,16). The van der Waals surface area contributed by atoms with Crippen molar-refractivity contribution < 1.29 is 4.74 Å². The third kappa shape index (κ3) is 3.58. The molecule has 108 valence electrons. The number of thioether (sulfide) groups is 1. The summed E-state index contributed by atoms with van der Waals surface area (Å²) in [5.74, 6) is 1.88. The van der Waals surface area contributed by atoms with E-state index in [9.17, 15) is 0 Å². The molecule has 2 N–H and O–H groups in total. The molecule has 0 fully saturated rings. The molecule has 1 aromatic heterocycles. The van der Waals surface area contributed by atoms with Crippen LogP contribution >= 0.6 is 23.4 Å². The number of nitrogens with zero attached hydrogens (tertiary/aromatic N) is 3. The molecule has 0 aliphatic heterocycles. The molecule has 0 atom stereocenters. The van der Waals surface area contributed by atoms with Crippen molar-refractivity contribution in [3.8, 4) is 5.75 Å². The maximum atomic E-state index is 6.02. The Morgan fingerprint density at radius 2 is 2.10 bits per heavy atom. The molecule has 0 radical (unpaired) electrons. The van der Waals surface area contributed by atoms with Crippen molar-refractivity contribution >= 4 is 29.3 Å². The Labute approximate surface area is 127 Å². The van der Waals surface area contributed by atoms with Gasteiger partial charge in [0.2, 0.25) is 5.95 Å². The third-order valence-electron chi connectivity index (χ3n) is 2.62. The molecule has 0 amide bonds. The van der Waals surface area contributed by atoms with Gasteiger partial charge in [-0.25, -0.2) is 0 Å². The second-order valence-electron chi connectivity index (χ2n) is 4.43. The Hall–Kier alpha value is -1.40. The number of rotatable bonds is 6. The molecule has 2 aromatic rings. The predicted octanol–water partition coefficient (Wildman–Crippen LogP) is 3.27. The van der Waals surface area contributed by atoms with Crippen LogP contribution in [0.2, 0.25) is 5.02 Å². The van der Waals surface area contributed by atoms with Crippen molar-refractivity contribution in [2.45, 2.75) is 25.0 Å². The lowest BCUT2D eigenvalue weighted by Crippen LogP contribution is -2.08. The zero-order valence-electron chi connectivity index (χ0n) is 11.4. The fourth-order valence-electron chi connectivity index (χ4n) is 1.72. The molecule has 5 nitrogen and oxygen atoms in total. The summed E-state index contributed by atoms with van der Waals surface area (Å²) in [7, 11) is 0. The van der Waals surface area contributed by atoms with Crippen LogP contribution in [0.4, 0.5) is 5.95 Å². The Morgan fingerprint density at radius 1 is 1.35 bits per heavy atom. The molecule has 0 spiro atoms. The smallest absolute Gasteiger partial charge is 0.222 e. The number of nitrogens with two attached hydrogens (primary N) is 1. The minimum absolute atomic E-state index is 0.233. The second-order valence-corrected chi connectivity index (χ2v) is 5.90. The average Bonchev–Trinajstić information content (AvgIpc) is 2.78. The Morgan fingerprint density at radius 3 is 2.80 bits per heavy atom. The van der Waals surface area contributed by atoms with E-state index < -0.39 is 0 Å². The van der Waals surface area contributed by atoms with Crippen molar-refractivity contribution in [3.05, 3.63) is 29.3 Å². The van der Waals surface area contributed by atoms with Crippen LogP contribution in [0, 0.1) is 0 Å². The first-order chi connectivity index (χ1) is 9.59. The van der Waals surface area contributed by atoms with Crippen LogP contribution < -0.4 is 10.5 Å². The predicted molar refractivity (Wildman–Crippen MR) is 82.5 cm³/mol. The van der Waals surface area contributed by atoms with Crippen molar-refractivity contribution in [2.75, 3.05) is 18.1 Å². The highest BCUT2D eigenvalue weighted by atomic mass is 35.5. The fourth-order valence-corrected chi connectivity index (χ4v) is 2.80. The van der Waals surface area contributed by atoms with Crippen molar-refractivity contribution in [3.63, 3.8) is 0 Å². The number of nitrogen functional groups attached to an aromatic ring is 1. The number of para-hydroxylation sites is 1. The first-order valence-corrected chi connectivity index (χ1v) is 7.66. The molecule has 0 aliphatic rings. The summed E-state index contributed by atoms with van der Waals surface area (Å²) in [4.78, 5) is 0. The average molecular weight is 313 g/mol. The van der Waals surface area contributed by atoms with E-state index in [1.165, 1.54) is 0 Å². The van der Waals surface area contributed by atoms with E-state index in [-0.39, 0.29) is 6.04 Å². The molecule has 0 saturated carbocycles. The lowest BCUT2D eigenvalue weighted by Gasteiger charge is -2.11. The van der Waals surface area contributed by atoms with Crippen LogP contribution in [-0.4, -0.2) is 27.1 Å². The van der Waals surface area contributed by atoms with Crippen LogP contribution in [0.25, 0.3) is 0 Å². The summed E-state index contributed by atoms with van der Waals surface area (Å²) in [6.07, 6.45) is 0. The molecule has 7 heteroatoms. The van der Waals surface area contributed by atoms with E-state index in [2.05, 4.69) is 10.2 Å². The molecule has 0 bridgehead atoms. The van der Waals surface area contributed by atoms with E-state index in [0.717, 1.165) is 10.9 Å². The molecular formula is C13H17ClN4OS. The Balaban J connectivity index is 1.86. The van der Waals surface area contributed by atoms with Gasteiger partial charge < -0.3 is 10.5 Å². The number of aromatic nitrogens is 3. The summed E-state index contributed by atoms with van der Waals surface area (Å²) >= 11 is 7.58. The van der Waals surface area contributed by atoms with Gasteiger partial charge in [-0.05, 0) is 26.0 Å².